The first kappa shape index (κ1) is 13.6. The van der Waals surface area contributed by atoms with E-state index in [0.29, 0.717) is 10.9 Å². The Kier molecular flexibility index (Phi) is 3.25. The van der Waals surface area contributed by atoms with Gasteiger partial charge in [-0.1, -0.05) is 25.0 Å². The fraction of sp³-hybridized carbons (Fsp3) is 0.444. The molecule has 114 valence electrons. The molecule has 0 N–H and O–H groups in total. The van der Waals surface area contributed by atoms with E-state index in [9.17, 15) is 9.59 Å². The Hall–Kier alpha value is -2.10. The lowest BCUT2D eigenvalue weighted by Gasteiger charge is -2.20. The first-order valence-electron chi connectivity index (χ1n) is 8.20. The molecule has 0 spiro atoms. The van der Waals surface area contributed by atoms with Crippen LogP contribution in [0.3, 0.4) is 0 Å². The van der Waals surface area contributed by atoms with Crippen LogP contribution in [0.2, 0.25) is 0 Å². The molecule has 4 rings (SSSR count). The SMILES string of the molecule is O=C(c1cn2c3c(cccc3c1=O)CC2)N1CCCCCC1. The molecule has 4 heteroatoms. The number of hydrogen-bond donors (Lipinski definition) is 0. The van der Waals surface area contributed by atoms with Gasteiger partial charge in [0.05, 0.1) is 5.52 Å². The average Bonchev–Trinajstić information content (AvgIpc) is 2.77. The van der Waals surface area contributed by atoms with Gasteiger partial charge < -0.3 is 9.47 Å². The molecule has 1 fully saturated rings. The summed E-state index contributed by atoms with van der Waals surface area (Å²) in [5, 5.41) is 0.690. The zero-order valence-corrected chi connectivity index (χ0v) is 12.7. The van der Waals surface area contributed by atoms with Gasteiger partial charge in [-0.15, -0.1) is 0 Å². The Bertz CT molecular complexity index is 799. The molecule has 2 aromatic rings. The molecule has 1 amide bonds. The number of amides is 1. The van der Waals surface area contributed by atoms with E-state index in [0.717, 1.165) is 44.4 Å². The van der Waals surface area contributed by atoms with Crippen molar-refractivity contribution < 1.29 is 4.79 Å². The van der Waals surface area contributed by atoms with Crippen LogP contribution in [0, 0.1) is 0 Å². The second-order valence-electron chi connectivity index (χ2n) is 6.34. The normalized spacial score (nSPS) is 17.7. The van der Waals surface area contributed by atoms with Crippen molar-refractivity contribution >= 4 is 16.8 Å². The highest BCUT2D eigenvalue weighted by Gasteiger charge is 2.24. The first-order chi connectivity index (χ1) is 10.8. The molecule has 1 aromatic carbocycles. The summed E-state index contributed by atoms with van der Waals surface area (Å²) in [5.41, 5.74) is 2.46. The van der Waals surface area contributed by atoms with Gasteiger partial charge in [-0.05, 0) is 30.9 Å². The Morgan fingerprint density at radius 3 is 2.55 bits per heavy atom. The standard InChI is InChI=1S/C18H20N2O2/c21-17-14-7-5-6-13-8-11-20(16(13)14)12-15(17)18(22)19-9-3-1-2-4-10-19/h5-7,12H,1-4,8-11H2. The topological polar surface area (TPSA) is 42.3 Å². The summed E-state index contributed by atoms with van der Waals surface area (Å²) in [6, 6.07) is 5.85. The van der Waals surface area contributed by atoms with E-state index < -0.39 is 0 Å². The van der Waals surface area contributed by atoms with Gasteiger partial charge in [-0.2, -0.15) is 0 Å². The highest BCUT2D eigenvalue weighted by molar-refractivity contribution is 5.98. The minimum atomic E-state index is -0.107. The number of rotatable bonds is 1. The Labute approximate surface area is 129 Å². The third kappa shape index (κ3) is 2.05. The number of likely N-dealkylation sites (tertiary alicyclic amines) is 1. The number of para-hydroxylation sites is 1. The van der Waals surface area contributed by atoms with Crippen LogP contribution in [-0.4, -0.2) is 28.5 Å². The number of aryl methyl sites for hydroxylation is 2. The molecule has 0 radical (unpaired) electrons. The summed E-state index contributed by atoms with van der Waals surface area (Å²) in [6.07, 6.45) is 7.16. The molecular formula is C18H20N2O2. The molecule has 2 aliphatic heterocycles. The van der Waals surface area contributed by atoms with Crippen LogP contribution < -0.4 is 5.43 Å². The zero-order chi connectivity index (χ0) is 15.1. The van der Waals surface area contributed by atoms with Crippen molar-refractivity contribution in [3.63, 3.8) is 0 Å². The number of aromatic nitrogens is 1. The molecule has 0 saturated carbocycles. The van der Waals surface area contributed by atoms with Gasteiger partial charge in [0, 0.05) is 31.2 Å². The summed E-state index contributed by atoms with van der Waals surface area (Å²) < 4.78 is 2.08. The van der Waals surface area contributed by atoms with Crippen molar-refractivity contribution in [1.29, 1.82) is 0 Å². The second kappa shape index (κ2) is 5.27. The summed E-state index contributed by atoms with van der Waals surface area (Å²) in [7, 11) is 0. The van der Waals surface area contributed by atoms with Gasteiger partial charge in [0.25, 0.3) is 5.91 Å². The average molecular weight is 296 g/mol. The number of pyridine rings is 1. The van der Waals surface area contributed by atoms with Gasteiger partial charge in [0.1, 0.15) is 5.56 Å². The predicted octanol–water partition coefficient (Wildman–Crippen LogP) is 2.57. The fourth-order valence-electron chi connectivity index (χ4n) is 3.75. The maximum Gasteiger partial charge on any atom is 0.259 e. The number of carbonyl (C=O) groups is 1. The maximum atomic E-state index is 12.8. The zero-order valence-electron chi connectivity index (χ0n) is 12.7. The van der Waals surface area contributed by atoms with Crippen LogP contribution >= 0.6 is 0 Å². The molecule has 4 nitrogen and oxygen atoms in total. The third-order valence-corrected chi connectivity index (χ3v) is 4.93. The smallest absolute Gasteiger partial charge is 0.259 e. The first-order valence-corrected chi connectivity index (χ1v) is 8.20. The minimum Gasteiger partial charge on any atom is -0.346 e. The number of nitrogens with zero attached hydrogens (tertiary/aromatic N) is 2. The Balaban J connectivity index is 1.82. The quantitative estimate of drug-likeness (QED) is 0.811. The van der Waals surface area contributed by atoms with Crippen molar-refractivity contribution in [2.24, 2.45) is 0 Å². The molecule has 2 aliphatic rings. The molecule has 1 saturated heterocycles. The largest absolute Gasteiger partial charge is 0.346 e. The number of hydrogen-bond acceptors (Lipinski definition) is 2. The molecule has 0 atom stereocenters. The van der Waals surface area contributed by atoms with Gasteiger partial charge in [-0.3, -0.25) is 9.59 Å². The monoisotopic (exact) mass is 296 g/mol. The van der Waals surface area contributed by atoms with E-state index in [4.69, 9.17) is 0 Å². The molecule has 1 aromatic heterocycles. The molecule has 22 heavy (non-hydrogen) atoms. The van der Waals surface area contributed by atoms with E-state index in [-0.39, 0.29) is 11.3 Å². The summed E-state index contributed by atoms with van der Waals surface area (Å²) in [6.45, 7) is 2.41. The molecule has 0 aliphatic carbocycles. The summed E-state index contributed by atoms with van der Waals surface area (Å²) in [4.78, 5) is 27.4. The lowest BCUT2D eigenvalue weighted by molar-refractivity contribution is 0.0760. The van der Waals surface area contributed by atoms with E-state index >= 15 is 0 Å². The fourth-order valence-corrected chi connectivity index (χ4v) is 3.75. The molecular weight excluding hydrogens is 276 g/mol. The van der Waals surface area contributed by atoms with Crippen LogP contribution in [0.1, 0.15) is 41.6 Å². The second-order valence-corrected chi connectivity index (χ2v) is 6.34. The van der Waals surface area contributed by atoms with Crippen molar-refractivity contribution in [1.82, 2.24) is 9.47 Å². The Morgan fingerprint density at radius 1 is 1.00 bits per heavy atom. The van der Waals surface area contributed by atoms with Crippen LogP contribution in [0.15, 0.2) is 29.2 Å². The van der Waals surface area contributed by atoms with E-state index in [1.54, 1.807) is 6.20 Å². The van der Waals surface area contributed by atoms with Gasteiger partial charge >= 0.3 is 0 Å². The van der Waals surface area contributed by atoms with Crippen molar-refractivity contribution in [3.05, 3.63) is 45.7 Å². The van der Waals surface area contributed by atoms with Gasteiger partial charge in [0.2, 0.25) is 5.43 Å². The summed E-state index contributed by atoms with van der Waals surface area (Å²) >= 11 is 0. The Morgan fingerprint density at radius 2 is 1.77 bits per heavy atom. The van der Waals surface area contributed by atoms with Crippen LogP contribution in [-0.2, 0) is 13.0 Å². The van der Waals surface area contributed by atoms with Crippen molar-refractivity contribution in [2.45, 2.75) is 38.6 Å². The van der Waals surface area contributed by atoms with Gasteiger partial charge in [-0.25, -0.2) is 0 Å². The van der Waals surface area contributed by atoms with E-state index in [1.165, 1.54) is 18.4 Å². The third-order valence-electron chi connectivity index (χ3n) is 4.93. The van der Waals surface area contributed by atoms with E-state index in [1.807, 2.05) is 17.0 Å². The van der Waals surface area contributed by atoms with Gasteiger partial charge in [0.15, 0.2) is 0 Å². The highest BCUT2D eigenvalue weighted by atomic mass is 16.2. The summed E-state index contributed by atoms with van der Waals surface area (Å²) in [5.74, 6) is -0.0881. The lowest BCUT2D eigenvalue weighted by atomic mass is 10.1. The molecule has 0 bridgehead atoms. The number of benzene rings is 1. The van der Waals surface area contributed by atoms with Crippen LogP contribution in [0.5, 0.6) is 0 Å². The van der Waals surface area contributed by atoms with E-state index in [2.05, 4.69) is 10.6 Å². The number of carbonyl (C=O) groups excluding carboxylic acids is 1. The van der Waals surface area contributed by atoms with Crippen molar-refractivity contribution in [3.8, 4) is 0 Å². The predicted molar refractivity (Wildman–Crippen MR) is 86.3 cm³/mol. The van der Waals surface area contributed by atoms with Crippen LogP contribution in [0.25, 0.3) is 10.9 Å². The maximum absolute atomic E-state index is 12.8. The minimum absolute atomic E-state index is 0.0881. The lowest BCUT2D eigenvalue weighted by Crippen LogP contribution is -2.35. The molecule has 0 unspecified atom stereocenters. The van der Waals surface area contributed by atoms with Crippen molar-refractivity contribution in [2.75, 3.05) is 13.1 Å². The highest BCUT2D eigenvalue weighted by Crippen LogP contribution is 2.24. The molecule has 3 heterocycles. The van der Waals surface area contributed by atoms with Crippen LogP contribution in [0.4, 0.5) is 0 Å².